The zero-order valence-corrected chi connectivity index (χ0v) is 12.2. The topological polar surface area (TPSA) is 36.3 Å². The molecule has 4 nitrogen and oxygen atoms in total. The van der Waals surface area contributed by atoms with E-state index in [0.717, 1.165) is 30.2 Å². The summed E-state index contributed by atoms with van der Waals surface area (Å²) >= 11 is 6.16. The Morgan fingerprint density at radius 3 is 2.70 bits per heavy atom. The average molecular weight is 293 g/mol. The van der Waals surface area contributed by atoms with Gasteiger partial charge in [-0.1, -0.05) is 0 Å². The standard InChI is InChI=1S/C15H17ClN2O2/c1-19-11-5-7-12(8-6-11)20-10-13-14-4-2-3-9-18(14)15(16)17-13/h5-8H,2-4,9-10H2,1H3. The molecular formula is C15H17ClN2O2. The fourth-order valence-corrected chi connectivity index (χ4v) is 2.80. The Morgan fingerprint density at radius 1 is 1.20 bits per heavy atom. The van der Waals surface area contributed by atoms with Crippen molar-refractivity contribution < 1.29 is 9.47 Å². The van der Waals surface area contributed by atoms with Crippen LogP contribution in [0, 0.1) is 0 Å². The molecular weight excluding hydrogens is 276 g/mol. The van der Waals surface area contributed by atoms with Crippen LogP contribution < -0.4 is 9.47 Å². The lowest BCUT2D eigenvalue weighted by molar-refractivity contribution is 0.298. The molecule has 2 heterocycles. The van der Waals surface area contributed by atoms with Crippen molar-refractivity contribution in [3.05, 3.63) is 40.9 Å². The molecule has 0 unspecified atom stereocenters. The molecule has 106 valence electrons. The van der Waals surface area contributed by atoms with Crippen LogP contribution in [0.1, 0.15) is 24.2 Å². The number of imidazole rings is 1. The van der Waals surface area contributed by atoms with Crippen molar-refractivity contribution in [3.63, 3.8) is 0 Å². The number of rotatable bonds is 4. The summed E-state index contributed by atoms with van der Waals surface area (Å²) in [6, 6.07) is 7.54. The van der Waals surface area contributed by atoms with E-state index < -0.39 is 0 Å². The highest BCUT2D eigenvalue weighted by Crippen LogP contribution is 2.25. The minimum Gasteiger partial charge on any atom is -0.497 e. The lowest BCUT2D eigenvalue weighted by Gasteiger charge is -2.15. The molecule has 0 aliphatic carbocycles. The number of hydrogen-bond acceptors (Lipinski definition) is 3. The number of aromatic nitrogens is 2. The fraction of sp³-hybridized carbons (Fsp3) is 0.400. The largest absolute Gasteiger partial charge is 0.497 e. The second kappa shape index (κ2) is 5.75. The van der Waals surface area contributed by atoms with E-state index in [1.54, 1.807) is 7.11 Å². The first-order chi connectivity index (χ1) is 9.78. The molecule has 0 saturated heterocycles. The highest BCUT2D eigenvalue weighted by Gasteiger charge is 2.19. The summed E-state index contributed by atoms with van der Waals surface area (Å²) in [7, 11) is 1.65. The lowest BCUT2D eigenvalue weighted by atomic mass is 10.1. The van der Waals surface area contributed by atoms with Crippen molar-refractivity contribution in [2.45, 2.75) is 32.4 Å². The maximum atomic E-state index is 6.16. The molecule has 0 atom stereocenters. The molecule has 0 bridgehead atoms. The third-order valence-electron chi connectivity index (χ3n) is 3.59. The molecule has 0 N–H and O–H groups in total. The van der Waals surface area contributed by atoms with Gasteiger partial charge in [0, 0.05) is 12.2 Å². The number of methoxy groups -OCH3 is 1. The Morgan fingerprint density at radius 2 is 1.95 bits per heavy atom. The molecule has 1 aromatic heterocycles. The molecule has 0 spiro atoms. The Balaban J connectivity index is 1.71. The smallest absolute Gasteiger partial charge is 0.203 e. The average Bonchev–Trinajstić information content (AvgIpc) is 2.83. The van der Waals surface area contributed by atoms with Crippen molar-refractivity contribution in [2.75, 3.05) is 7.11 Å². The summed E-state index contributed by atoms with van der Waals surface area (Å²) < 4.78 is 13.0. The summed E-state index contributed by atoms with van der Waals surface area (Å²) in [5.74, 6) is 1.62. The monoisotopic (exact) mass is 292 g/mol. The Hall–Kier alpha value is -1.68. The van der Waals surface area contributed by atoms with E-state index in [4.69, 9.17) is 21.1 Å². The van der Waals surface area contributed by atoms with Gasteiger partial charge in [0.05, 0.1) is 7.11 Å². The second-order valence-electron chi connectivity index (χ2n) is 4.85. The van der Waals surface area contributed by atoms with Gasteiger partial charge < -0.3 is 14.0 Å². The zero-order valence-electron chi connectivity index (χ0n) is 11.4. The molecule has 2 aromatic rings. The first-order valence-electron chi connectivity index (χ1n) is 6.78. The summed E-state index contributed by atoms with van der Waals surface area (Å²) in [6.07, 6.45) is 3.39. The van der Waals surface area contributed by atoms with Crippen molar-refractivity contribution in [1.82, 2.24) is 9.55 Å². The van der Waals surface area contributed by atoms with Gasteiger partial charge in [-0.05, 0) is 55.1 Å². The number of nitrogens with zero attached hydrogens (tertiary/aromatic N) is 2. The molecule has 1 aliphatic heterocycles. The molecule has 1 aliphatic rings. The van der Waals surface area contributed by atoms with Crippen LogP contribution in [0.25, 0.3) is 0 Å². The van der Waals surface area contributed by atoms with Crippen LogP contribution in [0.3, 0.4) is 0 Å². The van der Waals surface area contributed by atoms with Crippen LogP contribution in [-0.2, 0) is 19.6 Å². The van der Waals surface area contributed by atoms with Gasteiger partial charge in [-0.3, -0.25) is 0 Å². The molecule has 0 amide bonds. The number of hydrogen-bond donors (Lipinski definition) is 0. The van der Waals surface area contributed by atoms with Gasteiger partial charge in [0.15, 0.2) is 0 Å². The van der Waals surface area contributed by atoms with Gasteiger partial charge >= 0.3 is 0 Å². The number of benzene rings is 1. The van der Waals surface area contributed by atoms with Gasteiger partial charge in [0.1, 0.15) is 23.8 Å². The molecule has 3 rings (SSSR count). The molecule has 1 aromatic carbocycles. The number of fused-ring (bicyclic) bond motifs is 1. The van der Waals surface area contributed by atoms with Gasteiger partial charge in [0.25, 0.3) is 0 Å². The molecule has 20 heavy (non-hydrogen) atoms. The van der Waals surface area contributed by atoms with Crippen LogP contribution in [0.4, 0.5) is 0 Å². The first kappa shape index (κ1) is 13.3. The van der Waals surface area contributed by atoms with Crippen LogP contribution in [-0.4, -0.2) is 16.7 Å². The molecule has 0 fully saturated rings. The van der Waals surface area contributed by atoms with Crippen molar-refractivity contribution in [1.29, 1.82) is 0 Å². The summed E-state index contributed by atoms with van der Waals surface area (Å²) in [5, 5.41) is 0.577. The van der Waals surface area contributed by atoms with Crippen LogP contribution >= 0.6 is 11.6 Å². The van der Waals surface area contributed by atoms with E-state index in [0.29, 0.717) is 11.9 Å². The van der Waals surface area contributed by atoms with E-state index >= 15 is 0 Å². The summed E-state index contributed by atoms with van der Waals surface area (Å²) in [6.45, 7) is 1.41. The highest BCUT2D eigenvalue weighted by molar-refractivity contribution is 6.28. The minimum absolute atomic E-state index is 0.453. The third-order valence-corrected chi connectivity index (χ3v) is 3.88. The SMILES string of the molecule is COc1ccc(OCc2nc(Cl)n3c2CCCC3)cc1. The Kier molecular flexibility index (Phi) is 3.83. The van der Waals surface area contributed by atoms with Crippen molar-refractivity contribution in [2.24, 2.45) is 0 Å². The zero-order chi connectivity index (χ0) is 13.9. The number of ether oxygens (including phenoxy) is 2. The molecule has 0 saturated carbocycles. The molecule has 5 heteroatoms. The van der Waals surface area contributed by atoms with Crippen molar-refractivity contribution >= 4 is 11.6 Å². The summed E-state index contributed by atoms with van der Waals surface area (Å²) in [5.41, 5.74) is 2.17. The van der Waals surface area contributed by atoms with Crippen LogP contribution in [0.15, 0.2) is 24.3 Å². The van der Waals surface area contributed by atoms with Crippen LogP contribution in [0.2, 0.25) is 5.28 Å². The van der Waals surface area contributed by atoms with Gasteiger partial charge in [-0.25, -0.2) is 4.98 Å². The minimum atomic E-state index is 0.453. The van der Waals surface area contributed by atoms with Crippen LogP contribution in [0.5, 0.6) is 11.5 Å². The van der Waals surface area contributed by atoms with Gasteiger partial charge in [-0.15, -0.1) is 0 Å². The van der Waals surface area contributed by atoms with E-state index in [1.807, 2.05) is 24.3 Å². The fourth-order valence-electron chi connectivity index (χ4n) is 2.51. The Labute approximate surface area is 123 Å². The number of halogens is 1. The molecule has 0 radical (unpaired) electrons. The van der Waals surface area contributed by atoms with Gasteiger partial charge in [0.2, 0.25) is 5.28 Å². The quantitative estimate of drug-likeness (QED) is 0.866. The Bertz CT molecular complexity index is 593. The predicted molar refractivity (Wildman–Crippen MR) is 77.5 cm³/mol. The maximum Gasteiger partial charge on any atom is 0.203 e. The van der Waals surface area contributed by atoms with E-state index in [-0.39, 0.29) is 0 Å². The van der Waals surface area contributed by atoms with Crippen molar-refractivity contribution in [3.8, 4) is 11.5 Å². The van der Waals surface area contributed by atoms with E-state index in [2.05, 4.69) is 9.55 Å². The maximum absolute atomic E-state index is 6.16. The van der Waals surface area contributed by atoms with Gasteiger partial charge in [-0.2, -0.15) is 0 Å². The highest BCUT2D eigenvalue weighted by atomic mass is 35.5. The third kappa shape index (κ3) is 2.61. The lowest BCUT2D eigenvalue weighted by Crippen LogP contribution is -2.11. The normalized spacial score (nSPS) is 13.9. The first-order valence-corrected chi connectivity index (χ1v) is 7.16. The summed E-state index contributed by atoms with van der Waals surface area (Å²) in [4.78, 5) is 4.42. The predicted octanol–water partition coefficient (Wildman–Crippen LogP) is 3.46. The second-order valence-corrected chi connectivity index (χ2v) is 5.19. The van der Waals surface area contributed by atoms with E-state index in [1.165, 1.54) is 18.5 Å². The van der Waals surface area contributed by atoms with E-state index in [9.17, 15) is 0 Å².